The van der Waals surface area contributed by atoms with Gasteiger partial charge in [0.2, 0.25) is 5.91 Å². The third-order valence-corrected chi connectivity index (χ3v) is 3.79. The second kappa shape index (κ2) is 6.24. The molecule has 3 rings (SSSR count). The van der Waals surface area contributed by atoms with Crippen molar-refractivity contribution in [2.75, 3.05) is 6.54 Å². The van der Waals surface area contributed by atoms with Crippen molar-refractivity contribution >= 4 is 11.8 Å². The second-order valence-electron chi connectivity index (χ2n) is 5.93. The van der Waals surface area contributed by atoms with Gasteiger partial charge in [0.1, 0.15) is 0 Å². The van der Waals surface area contributed by atoms with Crippen LogP contribution in [-0.4, -0.2) is 34.3 Å². The summed E-state index contributed by atoms with van der Waals surface area (Å²) in [6, 6.07) is 7.06. The standard InChI is InChI=1S/C17H19N3O3/c1-11(2)19-16(21)13-10-20(17(22)14-6-4-8-23-14)9-12-5-3-7-18-15(12)13/h3-8,11,13H,9-10H2,1-2H3,(H,19,21). The van der Waals surface area contributed by atoms with Gasteiger partial charge in [-0.2, -0.15) is 0 Å². The first-order valence-corrected chi connectivity index (χ1v) is 7.63. The fraction of sp³-hybridized carbons (Fsp3) is 0.353. The first kappa shape index (κ1) is 15.3. The first-order valence-electron chi connectivity index (χ1n) is 7.63. The summed E-state index contributed by atoms with van der Waals surface area (Å²) in [5.41, 5.74) is 1.64. The van der Waals surface area contributed by atoms with Crippen molar-refractivity contribution in [1.29, 1.82) is 0 Å². The number of carbonyl (C=O) groups excluding carboxylic acids is 2. The number of aromatic nitrogens is 1. The van der Waals surface area contributed by atoms with E-state index < -0.39 is 5.92 Å². The van der Waals surface area contributed by atoms with E-state index in [-0.39, 0.29) is 23.6 Å². The van der Waals surface area contributed by atoms with Crippen LogP contribution in [0, 0.1) is 0 Å². The third-order valence-electron chi connectivity index (χ3n) is 3.79. The molecule has 6 nitrogen and oxygen atoms in total. The largest absolute Gasteiger partial charge is 0.459 e. The molecule has 6 heteroatoms. The van der Waals surface area contributed by atoms with Gasteiger partial charge in [-0.3, -0.25) is 14.6 Å². The van der Waals surface area contributed by atoms with Gasteiger partial charge in [0.25, 0.3) is 5.91 Å². The molecule has 1 aliphatic heterocycles. The zero-order valence-corrected chi connectivity index (χ0v) is 13.2. The lowest BCUT2D eigenvalue weighted by Crippen LogP contribution is -2.45. The predicted octanol–water partition coefficient (Wildman–Crippen LogP) is 1.94. The van der Waals surface area contributed by atoms with Crippen LogP contribution in [0.2, 0.25) is 0 Å². The predicted molar refractivity (Wildman–Crippen MR) is 83.7 cm³/mol. The van der Waals surface area contributed by atoms with Crippen LogP contribution < -0.4 is 5.32 Å². The highest BCUT2D eigenvalue weighted by atomic mass is 16.3. The van der Waals surface area contributed by atoms with Gasteiger partial charge in [0.15, 0.2) is 5.76 Å². The van der Waals surface area contributed by atoms with Crippen molar-refractivity contribution in [3.8, 4) is 0 Å². The number of nitrogens with zero attached hydrogens (tertiary/aromatic N) is 2. The van der Waals surface area contributed by atoms with Crippen molar-refractivity contribution in [1.82, 2.24) is 15.2 Å². The Bertz CT molecular complexity index is 710. The van der Waals surface area contributed by atoms with E-state index in [4.69, 9.17) is 4.42 Å². The van der Waals surface area contributed by atoms with E-state index in [1.54, 1.807) is 23.2 Å². The van der Waals surface area contributed by atoms with Crippen LogP contribution in [0.25, 0.3) is 0 Å². The molecule has 2 aromatic rings. The number of furan rings is 1. The Morgan fingerprint density at radius 3 is 2.87 bits per heavy atom. The molecule has 2 aromatic heterocycles. The van der Waals surface area contributed by atoms with Crippen LogP contribution in [0.5, 0.6) is 0 Å². The van der Waals surface area contributed by atoms with Gasteiger partial charge in [-0.15, -0.1) is 0 Å². The van der Waals surface area contributed by atoms with E-state index in [1.807, 2.05) is 26.0 Å². The molecule has 0 fully saturated rings. The third kappa shape index (κ3) is 3.11. The van der Waals surface area contributed by atoms with Crippen molar-refractivity contribution in [2.45, 2.75) is 32.4 Å². The van der Waals surface area contributed by atoms with Crippen molar-refractivity contribution in [3.63, 3.8) is 0 Å². The molecule has 0 bridgehead atoms. The molecule has 0 saturated heterocycles. The van der Waals surface area contributed by atoms with E-state index in [1.165, 1.54) is 6.26 Å². The molecule has 0 spiro atoms. The summed E-state index contributed by atoms with van der Waals surface area (Å²) in [4.78, 5) is 31.1. The summed E-state index contributed by atoms with van der Waals surface area (Å²) < 4.78 is 5.19. The number of hydrogen-bond donors (Lipinski definition) is 1. The molecular weight excluding hydrogens is 294 g/mol. The fourth-order valence-electron chi connectivity index (χ4n) is 2.78. The van der Waals surface area contributed by atoms with Gasteiger partial charge >= 0.3 is 0 Å². The molecule has 0 aromatic carbocycles. The van der Waals surface area contributed by atoms with Gasteiger partial charge in [0, 0.05) is 25.3 Å². The quantitative estimate of drug-likeness (QED) is 0.939. The Labute approximate surface area is 134 Å². The minimum Gasteiger partial charge on any atom is -0.459 e. The first-order chi connectivity index (χ1) is 11.1. The average Bonchev–Trinajstić information content (AvgIpc) is 3.06. The number of nitrogens with one attached hydrogen (secondary N) is 1. The molecule has 120 valence electrons. The number of amides is 2. The molecular formula is C17H19N3O3. The normalized spacial score (nSPS) is 17.0. The molecule has 3 heterocycles. The van der Waals surface area contributed by atoms with Crippen molar-refractivity contribution in [3.05, 3.63) is 53.7 Å². The number of rotatable bonds is 3. The minimum atomic E-state index is -0.471. The highest BCUT2D eigenvalue weighted by molar-refractivity contribution is 5.93. The average molecular weight is 313 g/mol. The summed E-state index contributed by atoms with van der Waals surface area (Å²) in [5.74, 6) is -0.523. The maximum Gasteiger partial charge on any atom is 0.289 e. The van der Waals surface area contributed by atoms with E-state index in [2.05, 4.69) is 10.3 Å². The molecule has 1 unspecified atom stereocenters. The van der Waals surface area contributed by atoms with Crippen LogP contribution in [0.1, 0.15) is 41.6 Å². The topological polar surface area (TPSA) is 75.4 Å². The molecule has 23 heavy (non-hydrogen) atoms. The summed E-state index contributed by atoms with van der Waals surface area (Å²) in [6.07, 6.45) is 3.15. The van der Waals surface area contributed by atoms with Crippen LogP contribution in [0.15, 0.2) is 41.1 Å². The maximum atomic E-state index is 12.5. The van der Waals surface area contributed by atoms with Crippen molar-refractivity contribution < 1.29 is 14.0 Å². The summed E-state index contributed by atoms with van der Waals surface area (Å²) >= 11 is 0. The Hall–Kier alpha value is -2.63. The zero-order valence-electron chi connectivity index (χ0n) is 13.2. The maximum absolute atomic E-state index is 12.5. The lowest BCUT2D eigenvalue weighted by Gasteiger charge is -2.33. The van der Waals surface area contributed by atoms with Crippen LogP contribution >= 0.6 is 0 Å². The molecule has 0 saturated carbocycles. The lowest BCUT2D eigenvalue weighted by atomic mass is 9.93. The van der Waals surface area contributed by atoms with E-state index in [9.17, 15) is 9.59 Å². The Morgan fingerprint density at radius 1 is 1.35 bits per heavy atom. The zero-order chi connectivity index (χ0) is 16.4. The molecule has 0 aliphatic carbocycles. The van der Waals surface area contributed by atoms with Crippen LogP contribution in [-0.2, 0) is 11.3 Å². The van der Waals surface area contributed by atoms with E-state index >= 15 is 0 Å². The summed E-state index contributed by atoms with van der Waals surface area (Å²) in [6.45, 7) is 4.54. The number of fused-ring (bicyclic) bond motifs is 1. The summed E-state index contributed by atoms with van der Waals surface area (Å²) in [7, 11) is 0. The smallest absolute Gasteiger partial charge is 0.289 e. The Morgan fingerprint density at radius 2 is 2.17 bits per heavy atom. The molecule has 1 N–H and O–H groups in total. The highest BCUT2D eigenvalue weighted by Gasteiger charge is 2.34. The molecule has 1 atom stereocenters. The fourth-order valence-corrected chi connectivity index (χ4v) is 2.78. The SMILES string of the molecule is CC(C)NC(=O)C1CN(C(=O)c2ccco2)Cc2cccnc21. The van der Waals surface area contributed by atoms with Gasteiger partial charge in [0.05, 0.1) is 17.9 Å². The van der Waals surface area contributed by atoms with Crippen LogP contribution in [0.3, 0.4) is 0 Å². The monoisotopic (exact) mass is 313 g/mol. The Balaban J connectivity index is 1.90. The Kier molecular flexibility index (Phi) is 4.14. The molecule has 0 radical (unpaired) electrons. The number of pyridine rings is 1. The summed E-state index contributed by atoms with van der Waals surface area (Å²) in [5, 5.41) is 2.91. The van der Waals surface area contributed by atoms with Crippen LogP contribution in [0.4, 0.5) is 0 Å². The molecule has 1 aliphatic rings. The van der Waals surface area contributed by atoms with E-state index in [0.29, 0.717) is 13.1 Å². The van der Waals surface area contributed by atoms with Gasteiger partial charge in [-0.05, 0) is 37.6 Å². The lowest BCUT2D eigenvalue weighted by molar-refractivity contribution is -0.123. The minimum absolute atomic E-state index is 0.0332. The number of carbonyl (C=O) groups is 2. The van der Waals surface area contributed by atoms with Crippen molar-refractivity contribution in [2.24, 2.45) is 0 Å². The number of hydrogen-bond acceptors (Lipinski definition) is 4. The highest BCUT2D eigenvalue weighted by Crippen LogP contribution is 2.28. The van der Waals surface area contributed by atoms with Gasteiger partial charge in [-0.1, -0.05) is 6.07 Å². The van der Waals surface area contributed by atoms with E-state index in [0.717, 1.165) is 11.3 Å². The van der Waals surface area contributed by atoms with Gasteiger partial charge < -0.3 is 14.6 Å². The van der Waals surface area contributed by atoms with Gasteiger partial charge in [-0.25, -0.2) is 0 Å². The molecule has 2 amide bonds. The second-order valence-corrected chi connectivity index (χ2v) is 5.93.